The van der Waals surface area contributed by atoms with Crippen LogP contribution in [0.15, 0.2) is 30.3 Å². The van der Waals surface area contributed by atoms with Crippen LogP contribution in [-0.4, -0.2) is 18.4 Å². The molecule has 0 aliphatic heterocycles. The molecule has 116 valence electrons. The van der Waals surface area contributed by atoms with Crippen LogP contribution in [0.3, 0.4) is 0 Å². The lowest BCUT2D eigenvalue weighted by Gasteiger charge is -2.10. The van der Waals surface area contributed by atoms with Gasteiger partial charge >= 0.3 is 0 Å². The minimum Gasteiger partial charge on any atom is -0.483 e. The number of aryl methyl sites for hydroxylation is 2. The lowest BCUT2D eigenvalue weighted by atomic mass is 10.1. The standard InChI is InChI=1S/C15H15ClN2O3S/c1-9-3-4-10(2)11(7-9)21-8-14(19)17-18-15(20)12-5-6-13(16)22-12/h3-7H,8H2,1-2H3,(H,17,19)(H,18,20). The van der Waals surface area contributed by atoms with Crippen molar-refractivity contribution >= 4 is 34.8 Å². The summed E-state index contributed by atoms with van der Waals surface area (Å²) in [5.41, 5.74) is 6.59. The molecule has 0 bridgehead atoms. The zero-order chi connectivity index (χ0) is 16.1. The number of ether oxygens (including phenoxy) is 1. The molecule has 0 spiro atoms. The SMILES string of the molecule is Cc1ccc(C)c(OCC(=O)NNC(=O)c2ccc(Cl)s2)c1. The van der Waals surface area contributed by atoms with Gasteiger partial charge in [0.25, 0.3) is 11.8 Å². The van der Waals surface area contributed by atoms with Gasteiger partial charge in [0.1, 0.15) is 5.75 Å². The quantitative estimate of drug-likeness (QED) is 0.842. The molecule has 0 saturated carbocycles. The van der Waals surface area contributed by atoms with Crippen molar-refractivity contribution in [3.8, 4) is 5.75 Å². The molecule has 1 heterocycles. The van der Waals surface area contributed by atoms with Crippen molar-refractivity contribution in [2.24, 2.45) is 0 Å². The average molecular weight is 339 g/mol. The van der Waals surface area contributed by atoms with Crippen LogP contribution in [-0.2, 0) is 4.79 Å². The number of carbonyl (C=O) groups excluding carboxylic acids is 2. The van der Waals surface area contributed by atoms with Crippen LogP contribution >= 0.6 is 22.9 Å². The van der Waals surface area contributed by atoms with Gasteiger partial charge in [0, 0.05) is 0 Å². The number of hydrogen-bond acceptors (Lipinski definition) is 4. The summed E-state index contributed by atoms with van der Waals surface area (Å²) >= 11 is 6.88. The van der Waals surface area contributed by atoms with E-state index in [1.807, 2.05) is 32.0 Å². The second-order valence-electron chi connectivity index (χ2n) is 4.66. The first-order valence-electron chi connectivity index (χ1n) is 6.50. The first-order valence-corrected chi connectivity index (χ1v) is 7.70. The van der Waals surface area contributed by atoms with Gasteiger partial charge in [0.2, 0.25) is 0 Å². The predicted molar refractivity (Wildman–Crippen MR) is 86.3 cm³/mol. The highest BCUT2D eigenvalue weighted by molar-refractivity contribution is 7.17. The molecule has 0 saturated heterocycles. The van der Waals surface area contributed by atoms with Gasteiger partial charge in [-0.2, -0.15) is 0 Å². The van der Waals surface area contributed by atoms with Gasteiger partial charge in [-0.3, -0.25) is 20.4 Å². The van der Waals surface area contributed by atoms with E-state index in [-0.39, 0.29) is 6.61 Å². The summed E-state index contributed by atoms with van der Waals surface area (Å²) in [7, 11) is 0. The number of thiophene rings is 1. The minimum absolute atomic E-state index is 0.185. The third-order valence-electron chi connectivity index (χ3n) is 2.81. The molecule has 2 amide bonds. The lowest BCUT2D eigenvalue weighted by Crippen LogP contribution is -2.43. The Kier molecular flexibility index (Phi) is 5.41. The van der Waals surface area contributed by atoms with Crippen molar-refractivity contribution in [2.45, 2.75) is 13.8 Å². The first-order chi connectivity index (χ1) is 10.5. The van der Waals surface area contributed by atoms with Gasteiger partial charge in [0.05, 0.1) is 9.21 Å². The van der Waals surface area contributed by atoms with Gasteiger partial charge in [-0.15, -0.1) is 11.3 Å². The van der Waals surface area contributed by atoms with Crippen molar-refractivity contribution in [2.75, 3.05) is 6.61 Å². The summed E-state index contributed by atoms with van der Waals surface area (Å²) < 4.78 is 5.95. The van der Waals surface area contributed by atoms with Crippen LogP contribution in [0.25, 0.3) is 0 Å². The van der Waals surface area contributed by atoms with Crippen LogP contribution in [0.1, 0.15) is 20.8 Å². The molecular weight excluding hydrogens is 324 g/mol. The highest BCUT2D eigenvalue weighted by Crippen LogP contribution is 2.21. The fourth-order valence-corrected chi connectivity index (χ4v) is 2.60. The molecule has 0 aliphatic rings. The van der Waals surface area contributed by atoms with E-state index in [9.17, 15) is 9.59 Å². The van der Waals surface area contributed by atoms with E-state index in [1.54, 1.807) is 12.1 Å². The van der Waals surface area contributed by atoms with Crippen LogP contribution in [0.4, 0.5) is 0 Å². The van der Waals surface area contributed by atoms with E-state index in [2.05, 4.69) is 10.9 Å². The number of hydrogen-bond donors (Lipinski definition) is 2. The molecule has 0 atom stereocenters. The number of halogens is 1. The van der Waals surface area contributed by atoms with Gasteiger partial charge in [-0.1, -0.05) is 23.7 Å². The van der Waals surface area contributed by atoms with Crippen molar-refractivity contribution in [1.29, 1.82) is 0 Å². The lowest BCUT2D eigenvalue weighted by molar-refractivity contribution is -0.123. The van der Waals surface area contributed by atoms with Crippen LogP contribution in [0.2, 0.25) is 4.34 Å². The zero-order valence-electron chi connectivity index (χ0n) is 12.1. The molecule has 5 nitrogen and oxygen atoms in total. The number of carbonyl (C=O) groups is 2. The average Bonchev–Trinajstić information content (AvgIpc) is 2.92. The number of benzene rings is 1. The third kappa shape index (κ3) is 4.47. The van der Waals surface area contributed by atoms with E-state index in [1.165, 1.54) is 0 Å². The second-order valence-corrected chi connectivity index (χ2v) is 6.38. The maximum atomic E-state index is 11.7. The van der Waals surface area contributed by atoms with Crippen LogP contribution < -0.4 is 15.6 Å². The number of rotatable bonds is 4. The molecule has 0 unspecified atom stereocenters. The van der Waals surface area contributed by atoms with E-state index < -0.39 is 11.8 Å². The summed E-state index contributed by atoms with van der Waals surface area (Å²) in [6.45, 7) is 3.66. The largest absolute Gasteiger partial charge is 0.483 e. The summed E-state index contributed by atoms with van der Waals surface area (Å²) in [4.78, 5) is 23.8. The Balaban J connectivity index is 1.81. The fraction of sp³-hybridized carbons (Fsp3) is 0.200. The summed E-state index contributed by atoms with van der Waals surface area (Å²) in [6.07, 6.45) is 0. The van der Waals surface area contributed by atoms with Crippen molar-refractivity contribution in [3.63, 3.8) is 0 Å². The van der Waals surface area contributed by atoms with Crippen LogP contribution in [0.5, 0.6) is 5.75 Å². The predicted octanol–water partition coefficient (Wildman–Crippen LogP) is 2.86. The van der Waals surface area contributed by atoms with Crippen LogP contribution in [0, 0.1) is 13.8 Å². The number of amides is 2. The molecular formula is C15H15ClN2O3S. The Hall–Kier alpha value is -2.05. The molecule has 2 aromatic rings. The van der Waals surface area contributed by atoms with E-state index in [0.717, 1.165) is 22.5 Å². The Morgan fingerprint density at radius 1 is 1.18 bits per heavy atom. The Morgan fingerprint density at radius 2 is 1.95 bits per heavy atom. The maximum absolute atomic E-state index is 11.7. The highest BCUT2D eigenvalue weighted by atomic mass is 35.5. The monoisotopic (exact) mass is 338 g/mol. The fourth-order valence-electron chi connectivity index (χ4n) is 1.67. The highest BCUT2D eigenvalue weighted by Gasteiger charge is 2.10. The molecule has 7 heteroatoms. The second kappa shape index (κ2) is 7.29. The van der Waals surface area contributed by atoms with Crippen molar-refractivity contribution in [3.05, 3.63) is 50.7 Å². The summed E-state index contributed by atoms with van der Waals surface area (Å²) in [6, 6.07) is 8.95. The zero-order valence-corrected chi connectivity index (χ0v) is 13.7. The molecule has 2 rings (SSSR count). The minimum atomic E-state index is -0.447. The van der Waals surface area contributed by atoms with Gasteiger partial charge in [-0.05, 0) is 43.2 Å². The van der Waals surface area contributed by atoms with Gasteiger partial charge in [-0.25, -0.2) is 0 Å². The molecule has 0 aliphatic carbocycles. The maximum Gasteiger partial charge on any atom is 0.279 e. The van der Waals surface area contributed by atoms with Crippen molar-refractivity contribution in [1.82, 2.24) is 10.9 Å². The van der Waals surface area contributed by atoms with Gasteiger partial charge < -0.3 is 4.74 Å². The van der Waals surface area contributed by atoms with E-state index >= 15 is 0 Å². The Bertz CT molecular complexity index is 700. The summed E-state index contributed by atoms with van der Waals surface area (Å²) in [5, 5.41) is 0. The summed E-state index contributed by atoms with van der Waals surface area (Å²) in [5.74, 6) is -0.222. The smallest absolute Gasteiger partial charge is 0.279 e. The Labute approximate surface area is 137 Å². The number of nitrogens with one attached hydrogen (secondary N) is 2. The van der Waals surface area contributed by atoms with E-state index in [4.69, 9.17) is 16.3 Å². The van der Waals surface area contributed by atoms with E-state index in [0.29, 0.717) is 15.0 Å². The molecule has 1 aromatic carbocycles. The molecule has 0 radical (unpaired) electrons. The van der Waals surface area contributed by atoms with Crippen molar-refractivity contribution < 1.29 is 14.3 Å². The Morgan fingerprint density at radius 3 is 2.64 bits per heavy atom. The topological polar surface area (TPSA) is 67.4 Å². The molecule has 2 N–H and O–H groups in total. The molecule has 22 heavy (non-hydrogen) atoms. The normalized spacial score (nSPS) is 10.1. The molecule has 0 fully saturated rings. The third-order valence-corrected chi connectivity index (χ3v) is 4.04. The number of hydrazine groups is 1. The first kappa shape index (κ1) is 16.3. The molecule has 1 aromatic heterocycles. The van der Waals surface area contributed by atoms with Gasteiger partial charge in [0.15, 0.2) is 6.61 Å².